The van der Waals surface area contributed by atoms with E-state index in [0.29, 0.717) is 12.3 Å². The molecule has 2 heterocycles. The Balaban J connectivity index is 2.23. The predicted molar refractivity (Wildman–Crippen MR) is 57.3 cm³/mol. The fourth-order valence-corrected chi connectivity index (χ4v) is 1.28. The lowest BCUT2D eigenvalue weighted by Crippen LogP contribution is -2.06. The van der Waals surface area contributed by atoms with Crippen LogP contribution >= 0.6 is 0 Å². The van der Waals surface area contributed by atoms with Gasteiger partial charge in [-0.05, 0) is 25.1 Å². The normalized spacial score (nSPS) is 10.1. The molecule has 0 unspecified atom stereocenters. The summed E-state index contributed by atoms with van der Waals surface area (Å²) < 4.78 is 6.46. The second kappa shape index (κ2) is 4.57. The second-order valence-electron chi connectivity index (χ2n) is 3.07. The van der Waals surface area contributed by atoms with Crippen LogP contribution in [0.4, 0.5) is 0 Å². The number of esters is 1. The van der Waals surface area contributed by atoms with E-state index in [1.165, 1.54) is 0 Å². The van der Waals surface area contributed by atoms with Gasteiger partial charge in [0.15, 0.2) is 5.69 Å². The third-order valence-electron chi connectivity index (χ3n) is 2.00. The van der Waals surface area contributed by atoms with Gasteiger partial charge < -0.3 is 4.74 Å². The molecule has 0 fully saturated rings. The molecule has 0 N–H and O–H groups in total. The summed E-state index contributed by atoms with van der Waals surface area (Å²) >= 11 is 0. The van der Waals surface area contributed by atoms with Crippen LogP contribution in [0.3, 0.4) is 0 Å². The molecule has 2 aromatic rings. The SMILES string of the molecule is CCOC(=O)c1ccn(-c2ccncc2)n1. The molecule has 0 aliphatic carbocycles. The molecule has 5 nitrogen and oxygen atoms in total. The Morgan fingerprint density at radius 1 is 1.38 bits per heavy atom. The maximum Gasteiger partial charge on any atom is 0.358 e. The van der Waals surface area contributed by atoms with E-state index in [1.807, 2.05) is 12.1 Å². The lowest BCUT2D eigenvalue weighted by molar-refractivity contribution is 0.0519. The van der Waals surface area contributed by atoms with E-state index >= 15 is 0 Å². The summed E-state index contributed by atoms with van der Waals surface area (Å²) in [4.78, 5) is 15.3. The highest BCUT2D eigenvalue weighted by Gasteiger charge is 2.10. The number of aromatic nitrogens is 3. The summed E-state index contributed by atoms with van der Waals surface area (Å²) in [5, 5.41) is 4.11. The van der Waals surface area contributed by atoms with Gasteiger partial charge in [0.1, 0.15) is 0 Å². The molecule has 0 amide bonds. The monoisotopic (exact) mass is 217 g/mol. The number of hydrogen-bond donors (Lipinski definition) is 0. The minimum absolute atomic E-state index is 0.304. The van der Waals surface area contributed by atoms with Gasteiger partial charge in [-0.25, -0.2) is 9.48 Å². The molecule has 0 aromatic carbocycles. The topological polar surface area (TPSA) is 57.0 Å². The van der Waals surface area contributed by atoms with Crippen molar-refractivity contribution < 1.29 is 9.53 Å². The molecular weight excluding hydrogens is 206 g/mol. The van der Waals surface area contributed by atoms with Crippen LogP contribution in [0.5, 0.6) is 0 Å². The second-order valence-corrected chi connectivity index (χ2v) is 3.07. The van der Waals surface area contributed by atoms with Gasteiger partial charge in [-0.3, -0.25) is 4.98 Å². The van der Waals surface area contributed by atoms with Crippen LogP contribution in [-0.4, -0.2) is 27.3 Å². The lowest BCUT2D eigenvalue weighted by Gasteiger charge is -1.99. The van der Waals surface area contributed by atoms with Crippen molar-refractivity contribution in [3.63, 3.8) is 0 Å². The first-order chi connectivity index (χ1) is 7.81. The van der Waals surface area contributed by atoms with Crippen LogP contribution in [0.1, 0.15) is 17.4 Å². The summed E-state index contributed by atoms with van der Waals surface area (Å²) in [7, 11) is 0. The predicted octanol–water partition coefficient (Wildman–Crippen LogP) is 1.44. The molecule has 16 heavy (non-hydrogen) atoms. The van der Waals surface area contributed by atoms with E-state index in [0.717, 1.165) is 5.69 Å². The molecule has 2 rings (SSSR count). The van der Waals surface area contributed by atoms with Gasteiger partial charge >= 0.3 is 5.97 Å². The Bertz CT molecular complexity index is 479. The zero-order chi connectivity index (χ0) is 11.4. The van der Waals surface area contributed by atoms with E-state index < -0.39 is 5.97 Å². The largest absolute Gasteiger partial charge is 0.461 e. The van der Waals surface area contributed by atoms with Gasteiger partial charge in [-0.1, -0.05) is 0 Å². The average molecular weight is 217 g/mol. The Kier molecular flexibility index (Phi) is 2.95. The smallest absolute Gasteiger partial charge is 0.358 e. The molecule has 2 aromatic heterocycles. The van der Waals surface area contributed by atoms with Crippen molar-refractivity contribution >= 4 is 5.97 Å². The maximum atomic E-state index is 11.4. The molecular formula is C11H11N3O2. The number of carbonyl (C=O) groups is 1. The Morgan fingerprint density at radius 3 is 2.81 bits per heavy atom. The van der Waals surface area contributed by atoms with Crippen LogP contribution in [0.2, 0.25) is 0 Å². The van der Waals surface area contributed by atoms with Crippen LogP contribution in [0, 0.1) is 0 Å². The van der Waals surface area contributed by atoms with Crippen molar-refractivity contribution in [2.75, 3.05) is 6.61 Å². The standard InChI is InChI=1S/C11H11N3O2/c1-2-16-11(15)10-5-8-14(13-10)9-3-6-12-7-4-9/h3-8H,2H2,1H3. The fourth-order valence-electron chi connectivity index (χ4n) is 1.28. The van der Waals surface area contributed by atoms with Gasteiger partial charge in [-0.2, -0.15) is 5.10 Å². The van der Waals surface area contributed by atoms with Crippen LogP contribution in [0.15, 0.2) is 36.8 Å². The fraction of sp³-hybridized carbons (Fsp3) is 0.182. The maximum absolute atomic E-state index is 11.4. The molecule has 0 aliphatic heterocycles. The van der Waals surface area contributed by atoms with Crippen LogP contribution < -0.4 is 0 Å². The third kappa shape index (κ3) is 2.08. The quantitative estimate of drug-likeness (QED) is 0.730. The number of ether oxygens (including phenoxy) is 1. The van der Waals surface area contributed by atoms with Gasteiger partial charge in [0, 0.05) is 18.6 Å². The minimum Gasteiger partial charge on any atom is -0.461 e. The van der Waals surface area contributed by atoms with Crippen LogP contribution in [0.25, 0.3) is 5.69 Å². The highest BCUT2D eigenvalue weighted by atomic mass is 16.5. The molecule has 0 saturated heterocycles. The van der Waals surface area contributed by atoms with Crippen molar-refractivity contribution in [1.29, 1.82) is 0 Å². The van der Waals surface area contributed by atoms with Crippen molar-refractivity contribution in [2.24, 2.45) is 0 Å². The Morgan fingerprint density at radius 2 is 2.12 bits per heavy atom. The highest BCUT2D eigenvalue weighted by molar-refractivity contribution is 5.87. The lowest BCUT2D eigenvalue weighted by atomic mass is 10.4. The van der Waals surface area contributed by atoms with Crippen LogP contribution in [-0.2, 0) is 4.74 Å². The molecule has 5 heteroatoms. The van der Waals surface area contributed by atoms with E-state index in [2.05, 4.69) is 10.1 Å². The van der Waals surface area contributed by atoms with Crippen molar-refractivity contribution in [1.82, 2.24) is 14.8 Å². The van der Waals surface area contributed by atoms with E-state index in [1.54, 1.807) is 36.3 Å². The van der Waals surface area contributed by atoms with E-state index in [-0.39, 0.29) is 0 Å². The highest BCUT2D eigenvalue weighted by Crippen LogP contribution is 2.06. The molecule has 0 spiro atoms. The molecule has 0 bridgehead atoms. The summed E-state index contributed by atoms with van der Waals surface area (Å²) in [6.07, 6.45) is 5.05. The number of rotatable bonds is 3. The van der Waals surface area contributed by atoms with Gasteiger partial charge in [0.05, 0.1) is 12.3 Å². The first kappa shape index (κ1) is 10.4. The zero-order valence-corrected chi connectivity index (χ0v) is 8.83. The van der Waals surface area contributed by atoms with Crippen molar-refractivity contribution in [3.8, 4) is 5.69 Å². The van der Waals surface area contributed by atoms with Gasteiger partial charge in [0.25, 0.3) is 0 Å². The van der Waals surface area contributed by atoms with Crippen molar-refractivity contribution in [2.45, 2.75) is 6.92 Å². The number of nitrogens with zero attached hydrogens (tertiary/aromatic N) is 3. The van der Waals surface area contributed by atoms with Gasteiger partial charge in [0.2, 0.25) is 0 Å². The zero-order valence-electron chi connectivity index (χ0n) is 8.83. The summed E-state index contributed by atoms with van der Waals surface area (Å²) in [5.41, 5.74) is 1.16. The van der Waals surface area contributed by atoms with E-state index in [4.69, 9.17) is 4.74 Å². The molecule has 82 valence electrons. The summed E-state index contributed by atoms with van der Waals surface area (Å²) in [5.74, 6) is -0.407. The Labute approximate surface area is 92.7 Å². The first-order valence-corrected chi connectivity index (χ1v) is 4.94. The number of pyridine rings is 1. The summed E-state index contributed by atoms with van der Waals surface area (Å²) in [6.45, 7) is 2.11. The third-order valence-corrected chi connectivity index (χ3v) is 2.00. The number of carbonyl (C=O) groups excluding carboxylic acids is 1. The minimum atomic E-state index is -0.407. The van der Waals surface area contributed by atoms with Crippen molar-refractivity contribution in [3.05, 3.63) is 42.5 Å². The first-order valence-electron chi connectivity index (χ1n) is 4.94. The molecule has 0 radical (unpaired) electrons. The average Bonchev–Trinajstić information content (AvgIpc) is 2.80. The molecule has 0 atom stereocenters. The van der Waals surface area contributed by atoms with E-state index in [9.17, 15) is 4.79 Å². The summed E-state index contributed by atoms with van der Waals surface area (Å²) in [6, 6.07) is 5.24. The molecule has 0 saturated carbocycles. The molecule has 0 aliphatic rings. The van der Waals surface area contributed by atoms with Gasteiger partial charge in [-0.15, -0.1) is 0 Å². The Hall–Kier alpha value is -2.17. The number of hydrogen-bond acceptors (Lipinski definition) is 4.